The average Bonchev–Trinajstić information content (AvgIpc) is 3.35. The van der Waals surface area contributed by atoms with E-state index in [1.807, 2.05) is 0 Å². The van der Waals surface area contributed by atoms with Gasteiger partial charge >= 0.3 is 29.8 Å². The van der Waals surface area contributed by atoms with Gasteiger partial charge in [-0.05, 0) is 23.9 Å². The number of hydrogen-bond donors (Lipinski definition) is 0. The first-order valence-electron chi connectivity index (χ1n) is 13.8. The molecule has 1 aromatic carbocycles. The van der Waals surface area contributed by atoms with E-state index in [0.29, 0.717) is 27.8 Å². The minimum atomic E-state index is -2.20. The van der Waals surface area contributed by atoms with Gasteiger partial charge in [-0.3, -0.25) is 33.7 Å². The van der Waals surface area contributed by atoms with E-state index in [4.69, 9.17) is 32.8 Å². The molecule has 16 nitrogen and oxygen atoms in total. The van der Waals surface area contributed by atoms with E-state index >= 15 is 0 Å². The first kappa shape index (κ1) is 36.0. The normalized spacial score (nSPS) is 22.1. The lowest BCUT2D eigenvalue weighted by Crippen LogP contribution is -2.69. The summed E-state index contributed by atoms with van der Waals surface area (Å²) < 4.78 is 38.9. The van der Waals surface area contributed by atoms with Crippen molar-refractivity contribution in [1.82, 2.24) is 9.88 Å². The molecule has 0 spiro atoms. The van der Waals surface area contributed by atoms with E-state index in [1.165, 1.54) is 0 Å². The summed E-state index contributed by atoms with van der Waals surface area (Å²) in [6, 6.07) is 5.12. The molecule has 1 saturated heterocycles. The Morgan fingerprint density at radius 3 is 2.09 bits per heavy atom. The third-order valence-electron chi connectivity index (χ3n) is 6.59. The molecule has 46 heavy (non-hydrogen) atoms. The lowest BCUT2D eigenvalue weighted by atomic mass is 9.88. The molecule has 0 N–H and O–H groups in total. The van der Waals surface area contributed by atoms with Crippen LogP contribution in [0.25, 0.3) is 11.1 Å². The fraction of sp³-hybridized carbons (Fsp3) is 0.517. The third-order valence-corrected chi connectivity index (χ3v) is 7.70. The molecule has 0 bridgehead atoms. The topological polar surface area (TPSA) is 204 Å². The Morgan fingerprint density at radius 1 is 0.935 bits per heavy atom. The van der Waals surface area contributed by atoms with Crippen molar-refractivity contribution in [3.05, 3.63) is 24.3 Å². The van der Waals surface area contributed by atoms with Crippen molar-refractivity contribution in [2.45, 2.75) is 88.6 Å². The van der Waals surface area contributed by atoms with Crippen LogP contribution < -0.4 is 0 Å². The number of ether oxygens (including phenoxy) is 6. The molecule has 2 heterocycles. The molecular formula is C29H34N2O14S. The maximum Gasteiger partial charge on any atom is 0.349 e. The van der Waals surface area contributed by atoms with Crippen molar-refractivity contribution in [1.29, 1.82) is 0 Å². The number of rotatable bonds is 11. The van der Waals surface area contributed by atoms with Gasteiger partial charge in [0.05, 0.1) is 7.11 Å². The molecule has 0 aliphatic carbocycles. The van der Waals surface area contributed by atoms with E-state index in [1.54, 1.807) is 24.3 Å². The number of imide groups is 1. The molecule has 0 unspecified atom stereocenters. The number of benzene rings is 1. The molecule has 0 radical (unpaired) electrons. The first-order valence-corrected chi connectivity index (χ1v) is 14.7. The van der Waals surface area contributed by atoms with Crippen LogP contribution in [0.4, 0.5) is 0 Å². The van der Waals surface area contributed by atoms with Gasteiger partial charge in [-0.2, -0.15) is 0 Å². The van der Waals surface area contributed by atoms with Crippen molar-refractivity contribution in [3.8, 4) is 0 Å². The number of thioether (sulfide) groups is 1. The lowest BCUT2D eigenvalue weighted by Gasteiger charge is -2.50. The predicted octanol–water partition coefficient (Wildman–Crippen LogP) is 1.70. The second-order valence-corrected chi connectivity index (χ2v) is 11.4. The van der Waals surface area contributed by atoms with Crippen LogP contribution in [0.3, 0.4) is 0 Å². The number of esters is 5. The van der Waals surface area contributed by atoms with Crippen molar-refractivity contribution in [3.63, 3.8) is 0 Å². The number of oxazole rings is 1. The van der Waals surface area contributed by atoms with Gasteiger partial charge in [-0.25, -0.2) is 9.78 Å². The van der Waals surface area contributed by atoms with Crippen LogP contribution in [-0.2, 0) is 62.0 Å². The summed E-state index contributed by atoms with van der Waals surface area (Å²) in [5.74, 6) is -6.20. The van der Waals surface area contributed by atoms with Crippen LogP contribution in [0.1, 0.15) is 48.0 Å². The number of fused-ring (bicyclic) bond motifs is 1. The van der Waals surface area contributed by atoms with Gasteiger partial charge < -0.3 is 32.8 Å². The van der Waals surface area contributed by atoms with Crippen molar-refractivity contribution < 1.29 is 66.4 Å². The Kier molecular flexibility index (Phi) is 11.9. The monoisotopic (exact) mass is 666 g/mol. The Balaban J connectivity index is 2.32. The van der Waals surface area contributed by atoms with Crippen LogP contribution in [0, 0.1) is 0 Å². The van der Waals surface area contributed by atoms with Gasteiger partial charge in [-0.15, -0.1) is 0 Å². The molecule has 250 valence electrons. The van der Waals surface area contributed by atoms with Crippen molar-refractivity contribution in [2.75, 3.05) is 13.7 Å². The van der Waals surface area contributed by atoms with E-state index in [0.717, 1.165) is 48.7 Å². The molecule has 1 aliphatic heterocycles. The molecule has 17 heteroatoms. The number of amides is 2. The number of aromatic nitrogens is 1. The minimum Gasteiger partial charge on any atom is -0.466 e. The number of nitrogens with zero attached hydrogens (tertiary/aromatic N) is 2. The highest BCUT2D eigenvalue weighted by Crippen LogP contribution is 2.47. The zero-order valence-electron chi connectivity index (χ0n) is 26.1. The fourth-order valence-corrected chi connectivity index (χ4v) is 6.19. The van der Waals surface area contributed by atoms with Gasteiger partial charge in [0, 0.05) is 48.0 Å². The SMILES string of the molecule is COC(=O)[C@@]1(Sc2nc3ccccc3o2)C[C@H](OC(C)=O)[C@@H](N(C(C)=O)C(C)=O)[C@H]([C@H](OC(C)=O)[C@@H](COC(C)=O)OC(C)=O)O1. The summed E-state index contributed by atoms with van der Waals surface area (Å²) in [7, 11) is 1.06. The summed E-state index contributed by atoms with van der Waals surface area (Å²) in [6.45, 7) is 5.62. The van der Waals surface area contributed by atoms with E-state index in [-0.39, 0.29) is 5.22 Å². The summed E-state index contributed by atoms with van der Waals surface area (Å²) in [4.78, 5) is 91.3. The molecule has 3 rings (SSSR count). The number of carbonyl (C=O) groups excluding carboxylic acids is 7. The molecule has 1 aliphatic rings. The number of para-hydroxylation sites is 2. The van der Waals surface area contributed by atoms with Crippen LogP contribution in [0.5, 0.6) is 0 Å². The van der Waals surface area contributed by atoms with Crippen molar-refractivity contribution >= 4 is 64.5 Å². The largest absolute Gasteiger partial charge is 0.466 e. The highest BCUT2D eigenvalue weighted by Gasteiger charge is 2.61. The predicted molar refractivity (Wildman–Crippen MR) is 154 cm³/mol. The maximum absolute atomic E-state index is 13.6. The Morgan fingerprint density at radius 2 is 1.57 bits per heavy atom. The van der Waals surface area contributed by atoms with E-state index in [2.05, 4.69) is 4.98 Å². The zero-order valence-corrected chi connectivity index (χ0v) is 26.9. The molecular weight excluding hydrogens is 632 g/mol. The summed E-state index contributed by atoms with van der Waals surface area (Å²) in [5, 5.41) is -0.0825. The lowest BCUT2D eigenvalue weighted by molar-refractivity contribution is -0.233. The molecule has 0 saturated carbocycles. The molecule has 2 amide bonds. The van der Waals surface area contributed by atoms with Gasteiger partial charge in [-0.1, -0.05) is 12.1 Å². The smallest absolute Gasteiger partial charge is 0.349 e. The molecule has 1 fully saturated rings. The zero-order chi connectivity index (χ0) is 34.3. The summed E-state index contributed by atoms with van der Waals surface area (Å²) >= 11 is 0.628. The van der Waals surface area contributed by atoms with Gasteiger partial charge in [0.1, 0.15) is 30.4 Å². The van der Waals surface area contributed by atoms with Crippen LogP contribution in [0.15, 0.2) is 33.9 Å². The van der Waals surface area contributed by atoms with Crippen LogP contribution >= 0.6 is 11.8 Å². The van der Waals surface area contributed by atoms with Crippen molar-refractivity contribution in [2.24, 2.45) is 0 Å². The Bertz CT molecular complexity index is 1460. The van der Waals surface area contributed by atoms with E-state index < -0.39 is 90.1 Å². The van der Waals surface area contributed by atoms with Gasteiger partial charge in [0.2, 0.25) is 16.7 Å². The maximum atomic E-state index is 13.6. The Labute approximate surface area is 267 Å². The highest BCUT2D eigenvalue weighted by atomic mass is 32.2. The van der Waals surface area contributed by atoms with E-state index in [9.17, 15) is 33.6 Å². The van der Waals surface area contributed by atoms with Crippen LogP contribution in [0.2, 0.25) is 0 Å². The fourth-order valence-electron chi connectivity index (χ4n) is 5.06. The summed E-state index contributed by atoms with van der Waals surface area (Å²) in [5.41, 5.74) is 0.792. The standard InChI is InChI=1S/C29H34N2O14S/c1-14(32)31(15(2)33)24-22(41-17(4)35)12-29(27(38)39-7,46-28-30-20-10-8-9-11-21(20)44-28)45-26(24)25(43-19(6)37)23(42-18(5)36)13-40-16(3)34/h8-11,22-26H,12-13H2,1-7H3/t22-,23+,24+,25+,26+,29-/m0/s1. The number of hydrogen-bond acceptors (Lipinski definition) is 16. The van der Waals surface area contributed by atoms with Gasteiger partial charge in [0.15, 0.2) is 17.8 Å². The first-order chi connectivity index (χ1) is 21.6. The second kappa shape index (κ2) is 15.2. The quantitative estimate of drug-likeness (QED) is 0.247. The highest BCUT2D eigenvalue weighted by molar-refractivity contribution is 8.01. The summed E-state index contributed by atoms with van der Waals surface area (Å²) in [6.07, 6.45) is -7.22. The minimum absolute atomic E-state index is 0.0825. The van der Waals surface area contributed by atoms with Crippen LogP contribution in [-0.4, -0.2) is 101 Å². The Hall–Kier alpha value is -4.51. The molecule has 2 aromatic rings. The number of methoxy groups -OCH3 is 1. The average molecular weight is 667 g/mol. The second-order valence-electron chi connectivity index (χ2n) is 10.2. The molecule has 6 atom stereocenters. The third kappa shape index (κ3) is 8.60. The number of carbonyl (C=O) groups is 7. The molecule has 1 aromatic heterocycles. The van der Waals surface area contributed by atoms with Gasteiger partial charge in [0.25, 0.3) is 5.22 Å².